The van der Waals surface area contributed by atoms with E-state index in [1.165, 1.54) is 0 Å². The number of hydrogen-bond acceptors (Lipinski definition) is 3. The summed E-state index contributed by atoms with van der Waals surface area (Å²) >= 11 is 0. The first-order valence-electron chi connectivity index (χ1n) is 3.59. The second-order valence-electron chi connectivity index (χ2n) is 2.25. The van der Waals surface area contributed by atoms with Crippen LogP contribution in [0.5, 0.6) is 0 Å². The standard InChI is InChI=1S/C7H14O4/c1-4-10-5(2)6(3)11-7(8)9/h5-6H,4H2,1-3H3,(H,8,9). The molecule has 0 heterocycles. The molecule has 0 saturated carbocycles. The Morgan fingerprint density at radius 1 is 1.45 bits per heavy atom. The number of carboxylic acid groups (broad SMARTS) is 1. The van der Waals surface area contributed by atoms with Gasteiger partial charge in [0.25, 0.3) is 0 Å². The lowest BCUT2D eigenvalue weighted by Gasteiger charge is -2.18. The SMILES string of the molecule is CCOC(C)C(C)OC(=O)O. The van der Waals surface area contributed by atoms with Gasteiger partial charge in [0.2, 0.25) is 0 Å². The lowest BCUT2D eigenvalue weighted by atomic mass is 10.2. The van der Waals surface area contributed by atoms with Crippen molar-refractivity contribution in [2.24, 2.45) is 0 Å². The van der Waals surface area contributed by atoms with Crippen molar-refractivity contribution in [3.8, 4) is 0 Å². The van der Waals surface area contributed by atoms with Gasteiger partial charge in [-0.25, -0.2) is 4.79 Å². The Morgan fingerprint density at radius 2 is 2.00 bits per heavy atom. The molecule has 0 aliphatic carbocycles. The van der Waals surface area contributed by atoms with Crippen molar-refractivity contribution in [2.45, 2.75) is 33.0 Å². The Labute approximate surface area is 66.1 Å². The number of carbonyl (C=O) groups is 1. The molecular formula is C7H14O4. The quantitative estimate of drug-likeness (QED) is 0.636. The molecule has 2 unspecified atom stereocenters. The van der Waals surface area contributed by atoms with Crippen molar-refractivity contribution >= 4 is 6.16 Å². The Hall–Kier alpha value is -0.770. The molecule has 0 fully saturated rings. The van der Waals surface area contributed by atoms with Gasteiger partial charge < -0.3 is 14.6 Å². The van der Waals surface area contributed by atoms with Gasteiger partial charge in [-0.2, -0.15) is 0 Å². The Morgan fingerprint density at radius 3 is 2.36 bits per heavy atom. The third kappa shape index (κ3) is 4.61. The highest BCUT2D eigenvalue weighted by Crippen LogP contribution is 2.02. The molecule has 0 aliphatic heterocycles. The van der Waals surface area contributed by atoms with E-state index in [9.17, 15) is 4.79 Å². The summed E-state index contributed by atoms with van der Waals surface area (Å²) in [6, 6.07) is 0. The van der Waals surface area contributed by atoms with Crippen molar-refractivity contribution in [3.63, 3.8) is 0 Å². The molecule has 0 spiro atoms. The van der Waals surface area contributed by atoms with E-state index >= 15 is 0 Å². The molecule has 0 bridgehead atoms. The number of rotatable bonds is 4. The topological polar surface area (TPSA) is 55.8 Å². The normalized spacial score (nSPS) is 15.5. The van der Waals surface area contributed by atoms with Gasteiger partial charge in [-0.05, 0) is 20.8 Å². The summed E-state index contributed by atoms with van der Waals surface area (Å²) in [4.78, 5) is 10.0. The molecular weight excluding hydrogens is 148 g/mol. The van der Waals surface area contributed by atoms with Crippen molar-refractivity contribution < 1.29 is 19.4 Å². The smallest absolute Gasteiger partial charge is 0.450 e. The molecule has 1 N–H and O–H groups in total. The fourth-order valence-corrected chi connectivity index (χ4v) is 0.653. The van der Waals surface area contributed by atoms with Gasteiger partial charge in [-0.1, -0.05) is 0 Å². The van der Waals surface area contributed by atoms with E-state index in [1.807, 2.05) is 6.92 Å². The van der Waals surface area contributed by atoms with Crippen molar-refractivity contribution in [2.75, 3.05) is 6.61 Å². The molecule has 11 heavy (non-hydrogen) atoms. The van der Waals surface area contributed by atoms with E-state index < -0.39 is 12.3 Å². The maximum Gasteiger partial charge on any atom is 0.506 e. The van der Waals surface area contributed by atoms with Crippen molar-refractivity contribution in [1.29, 1.82) is 0 Å². The highest BCUT2D eigenvalue weighted by atomic mass is 16.7. The summed E-state index contributed by atoms with van der Waals surface area (Å²) in [7, 11) is 0. The molecule has 4 nitrogen and oxygen atoms in total. The van der Waals surface area contributed by atoms with Crippen LogP contribution in [0.25, 0.3) is 0 Å². The van der Waals surface area contributed by atoms with Gasteiger partial charge in [0, 0.05) is 6.61 Å². The summed E-state index contributed by atoms with van der Waals surface area (Å²) in [6.45, 7) is 5.85. The molecule has 0 radical (unpaired) electrons. The first kappa shape index (κ1) is 10.2. The molecule has 0 saturated heterocycles. The monoisotopic (exact) mass is 162 g/mol. The molecule has 0 aromatic rings. The van der Waals surface area contributed by atoms with Gasteiger partial charge in [0.15, 0.2) is 0 Å². The van der Waals surface area contributed by atoms with E-state index in [0.717, 1.165) is 0 Å². The van der Waals surface area contributed by atoms with Crippen molar-refractivity contribution in [3.05, 3.63) is 0 Å². The Kier molecular flexibility index (Phi) is 4.61. The van der Waals surface area contributed by atoms with Crippen molar-refractivity contribution in [1.82, 2.24) is 0 Å². The summed E-state index contributed by atoms with van der Waals surface area (Å²) < 4.78 is 9.57. The molecule has 0 amide bonds. The average Bonchev–Trinajstić information content (AvgIpc) is 1.86. The van der Waals surface area contributed by atoms with Gasteiger partial charge in [0.1, 0.15) is 6.10 Å². The summed E-state index contributed by atoms with van der Waals surface area (Å²) in [5.74, 6) is 0. The first-order valence-corrected chi connectivity index (χ1v) is 3.59. The van der Waals surface area contributed by atoms with Gasteiger partial charge in [-0.15, -0.1) is 0 Å². The average molecular weight is 162 g/mol. The molecule has 0 aromatic heterocycles. The zero-order chi connectivity index (χ0) is 8.85. The van der Waals surface area contributed by atoms with Crippen LogP contribution >= 0.6 is 0 Å². The minimum absolute atomic E-state index is 0.184. The third-order valence-corrected chi connectivity index (χ3v) is 1.38. The minimum Gasteiger partial charge on any atom is -0.450 e. The van der Waals surface area contributed by atoms with Gasteiger partial charge in [-0.3, -0.25) is 0 Å². The summed E-state index contributed by atoms with van der Waals surface area (Å²) in [5.41, 5.74) is 0. The highest BCUT2D eigenvalue weighted by Gasteiger charge is 2.15. The third-order valence-electron chi connectivity index (χ3n) is 1.38. The van der Waals surface area contributed by atoms with Crippen LogP contribution in [0, 0.1) is 0 Å². The van der Waals surface area contributed by atoms with Crippen LogP contribution < -0.4 is 0 Å². The zero-order valence-electron chi connectivity index (χ0n) is 7.03. The Bertz CT molecular complexity index is 124. The predicted molar refractivity (Wildman–Crippen MR) is 39.7 cm³/mol. The maximum absolute atomic E-state index is 10.0. The van der Waals surface area contributed by atoms with Crippen LogP contribution in [0.4, 0.5) is 4.79 Å². The molecule has 4 heteroatoms. The number of ether oxygens (including phenoxy) is 2. The second kappa shape index (κ2) is 4.96. The molecule has 0 aromatic carbocycles. The first-order chi connectivity index (χ1) is 5.07. The minimum atomic E-state index is -1.26. The van der Waals surface area contributed by atoms with Crippen LogP contribution in [0.1, 0.15) is 20.8 Å². The molecule has 0 aliphatic rings. The Balaban J connectivity index is 3.63. The fourth-order valence-electron chi connectivity index (χ4n) is 0.653. The van der Waals surface area contributed by atoms with E-state index in [4.69, 9.17) is 9.84 Å². The van der Waals surface area contributed by atoms with Gasteiger partial charge in [0.05, 0.1) is 6.10 Å². The predicted octanol–water partition coefficient (Wildman–Crippen LogP) is 1.49. The van der Waals surface area contributed by atoms with Crippen LogP contribution in [0.15, 0.2) is 0 Å². The maximum atomic E-state index is 10.0. The van der Waals surface area contributed by atoms with E-state index in [2.05, 4.69) is 4.74 Å². The fraction of sp³-hybridized carbons (Fsp3) is 0.857. The molecule has 66 valence electrons. The van der Waals surface area contributed by atoms with Crippen LogP contribution in [0.3, 0.4) is 0 Å². The van der Waals surface area contributed by atoms with Gasteiger partial charge >= 0.3 is 6.16 Å². The van der Waals surface area contributed by atoms with Crippen LogP contribution in [-0.2, 0) is 9.47 Å². The lowest BCUT2D eigenvalue weighted by molar-refractivity contribution is -0.0362. The number of hydrogen-bond donors (Lipinski definition) is 1. The molecule has 0 rings (SSSR count). The largest absolute Gasteiger partial charge is 0.506 e. The summed E-state index contributed by atoms with van der Waals surface area (Å²) in [5, 5.41) is 8.22. The van der Waals surface area contributed by atoms with E-state index in [1.54, 1.807) is 13.8 Å². The second-order valence-corrected chi connectivity index (χ2v) is 2.25. The van der Waals surface area contributed by atoms with E-state index in [0.29, 0.717) is 6.61 Å². The highest BCUT2D eigenvalue weighted by molar-refractivity contribution is 5.57. The van der Waals surface area contributed by atoms with Crippen LogP contribution in [0.2, 0.25) is 0 Å². The van der Waals surface area contributed by atoms with Crippen LogP contribution in [-0.4, -0.2) is 30.1 Å². The van der Waals surface area contributed by atoms with E-state index in [-0.39, 0.29) is 6.10 Å². The molecule has 2 atom stereocenters. The summed E-state index contributed by atoms with van der Waals surface area (Å²) in [6.07, 6.45) is -1.85. The zero-order valence-corrected chi connectivity index (χ0v) is 7.03. The lowest BCUT2D eigenvalue weighted by Crippen LogP contribution is -2.27.